The Morgan fingerprint density at radius 2 is 2.04 bits per heavy atom. The fraction of sp³-hybridized carbons (Fsp3) is 0.292. The van der Waals surface area contributed by atoms with Gasteiger partial charge in [0.1, 0.15) is 0 Å². The summed E-state index contributed by atoms with van der Waals surface area (Å²) in [5.74, 6) is 0.194. The van der Waals surface area contributed by atoms with E-state index in [0.29, 0.717) is 6.42 Å². The number of hydrogen-bond donors (Lipinski definition) is 1. The summed E-state index contributed by atoms with van der Waals surface area (Å²) < 4.78 is 0. The quantitative estimate of drug-likeness (QED) is 0.783. The summed E-state index contributed by atoms with van der Waals surface area (Å²) in [5, 5.41) is 3.51. The molecular formula is C24H23N3O. The molecule has 1 aliphatic carbocycles. The van der Waals surface area contributed by atoms with Crippen LogP contribution in [-0.2, 0) is 17.6 Å². The zero-order valence-corrected chi connectivity index (χ0v) is 16.3. The van der Waals surface area contributed by atoms with E-state index < -0.39 is 0 Å². The van der Waals surface area contributed by atoms with Crippen LogP contribution in [0.1, 0.15) is 42.1 Å². The summed E-state index contributed by atoms with van der Waals surface area (Å²) >= 11 is 0. The normalized spacial score (nSPS) is 19.2. The minimum atomic E-state index is 0.194. The first-order chi connectivity index (χ1) is 13.6. The molecular weight excluding hydrogens is 346 g/mol. The van der Waals surface area contributed by atoms with Crippen molar-refractivity contribution in [3.63, 3.8) is 0 Å². The number of Topliss-reactive ketones (excluding diaryl/α,β-unsaturated/α-hetero) is 1. The predicted octanol–water partition coefficient (Wildman–Crippen LogP) is 4.67. The topological polar surface area (TPSA) is 54.4 Å². The van der Waals surface area contributed by atoms with Crippen LogP contribution in [0.2, 0.25) is 0 Å². The molecule has 1 aromatic carbocycles. The van der Waals surface area contributed by atoms with E-state index >= 15 is 0 Å². The summed E-state index contributed by atoms with van der Waals surface area (Å²) in [7, 11) is 0. The van der Waals surface area contributed by atoms with Gasteiger partial charge in [-0.05, 0) is 66.7 Å². The van der Waals surface area contributed by atoms with Crippen LogP contribution in [0.5, 0.6) is 0 Å². The Balaban J connectivity index is 1.57. The van der Waals surface area contributed by atoms with E-state index in [1.165, 1.54) is 11.3 Å². The van der Waals surface area contributed by atoms with Crippen LogP contribution in [0, 0.1) is 6.92 Å². The predicted molar refractivity (Wildman–Crippen MR) is 114 cm³/mol. The average molecular weight is 369 g/mol. The molecule has 1 aromatic heterocycles. The maximum Gasteiger partial charge on any atom is 0.167 e. The second-order valence-electron chi connectivity index (χ2n) is 7.92. The fourth-order valence-electron chi connectivity index (χ4n) is 4.42. The van der Waals surface area contributed by atoms with Crippen LogP contribution in [0.15, 0.2) is 47.2 Å². The van der Waals surface area contributed by atoms with Gasteiger partial charge in [-0.15, -0.1) is 0 Å². The highest BCUT2D eigenvalue weighted by atomic mass is 16.1. The van der Waals surface area contributed by atoms with Gasteiger partial charge in [0.05, 0.1) is 11.4 Å². The molecule has 1 N–H and O–H groups in total. The van der Waals surface area contributed by atoms with Crippen LogP contribution in [0.3, 0.4) is 0 Å². The van der Waals surface area contributed by atoms with Crippen LogP contribution < -0.4 is 5.32 Å². The molecule has 28 heavy (non-hydrogen) atoms. The lowest BCUT2D eigenvalue weighted by Gasteiger charge is -2.21. The lowest BCUT2D eigenvalue weighted by molar-refractivity contribution is -0.112. The standard InChI is InChI=1S/C24H23N3O/c1-14-8-16(12-26-14)9-20-19-10-17(5-6-18(19)11-23(20)28)21-13-27-22-4-3-7-25-24(22)15(21)2/h5-6,9-10,12-13,25H,3-4,7-8,11H2,1-2H3/b20-9-. The molecule has 3 heterocycles. The molecule has 0 bridgehead atoms. The van der Waals surface area contributed by atoms with E-state index in [1.54, 1.807) is 0 Å². The van der Waals surface area contributed by atoms with Gasteiger partial charge in [-0.1, -0.05) is 12.1 Å². The third kappa shape index (κ3) is 2.80. The molecule has 0 saturated carbocycles. The lowest BCUT2D eigenvalue weighted by atomic mass is 9.94. The van der Waals surface area contributed by atoms with Gasteiger partial charge in [0.2, 0.25) is 0 Å². The molecule has 4 heteroatoms. The van der Waals surface area contributed by atoms with Crippen molar-refractivity contribution in [1.29, 1.82) is 0 Å². The highest BCUT2D eigenvalue weighted by molar-refractivity contribution is 6.26. The second-order valence-corrected chi connectivity index (χ2v) is 7.92. The van der Waals surface area contributed by atoms with Gasteiger partial charge >= 0.3 is 0 Å². The molecule has 2 aliphatic heterocycles. The first-order valence-corrected chi connectivity index (χ1v) is 9.93. The maximum atomic E-state index is 12.7. The van der Waals surface area contributed by atoms with Crippen molar-refractivity contribution >= 4 is 22.8 Å². The van der Waals surface area contributed by atoms with Gasteiger partial charge in [0, 0.05) is 48.6 Å². The molecule has 2 aromatic rings. The summed E-state index contributed by atoms with van der Waals surface area (Å²) in [6.45, 7) is 5.18. The molecule has 3 aliphatic rings. The zero-order chi connectivity index (χ0) is 19.3. The monoisotopic (exact) mass is 369 g/mol. The average Bonchev–Trinajstić information content (AvgIpc) is 3.25. The van der Waals surface area contributed by atoms with E-state index in [4.69, 9.17) is 4.98 Å². The van der Waals surface area contributed by atoms with E-state index in [-0.39, 0.29) is 5.78 Å². The Morgan fingerprint density at radius 1 is 1.14 bits per heavy atom. The SMILES string of the molecule is CC1=NC=C(/C=C2\C(=O)Cc3ccc(-c4cnc5c(c4C)NCCC5)cc32)C1. The molecule has 140 valence electrons. The number of benzene rings is 1. The molecule has 0 radical (unpaired) electrons. The Labute approximate surface area is 165 Å². The van der Waals surface area contributed by atoms with Gasteiger partial charge in [-0.2, -0.15) is 0 Å². The number of allylic oxidation sites excluding steroid dienone is 3. The maximum absolute atomic E-state index is 12.7. The number of rotatable bonds is 2. The van der Waals surface area contributed by atoms with E-state index in [2.05, 4.69) is 35.4 Å². The molecule has 0 spiro atoms. The van der Waals surface area contributed by atoms with Crippen molar-refractivity contribution in [2.45, 2.75) is 39.5 Å². The number of pyridine rings is 1. The lowest BCUT2D eigenvalue weighted by Crippen LogP contribution is -2.14. The van der Waals surface area contributed by atoms with E-state index in [9.17, 15) is 4.79 Å². The minimum Gasteiger partial charge on any atom is -0.383 e. The highest BCUT2D eigenvalue weighted by Gasteiger charge is 2.26. The van der Waals surface area contributed by atoms with E-state index in [1.807, 2.05) is 25.4 Å². The second kappa shape index (κ2) is 6.55. The largest absolute Gasteiger partial charge is 0.383 e. The number of nitrogens with one attached hydrogen (secondary N) is 1. The summed E-state index contributed by atoms with van der Waals surface area (Å²) in [5.41, 5.74) is 11.0. The first-order valence-electron chi connectivity index (χ1n) is 9.93. The molecule has 5 rings (SSSR count). The smallest absolute Gasteiger partial charge is 0.167 e. The summed E-state index contributed by atoms with van der Waals surface area (Å²) in [4.78, 5) is 21.7. The number of aromatic nitrogens is 1. The molecule has 0 unspecified atom stereocenters. The van der Waals surface area contributed by atoms with Gasteiger partial charge < -0.3 is 5.32 Å². The third-order valence-electron chi connectivity index (χ3n) is 5.91. The number of ketones is 1. The number of nitrogens with zero attached hydrogens (tertiary/aromatic N) is 2. The number of anilines is 1. The highest BCUT2D eigenvalue weighted by Crippen LogP contribution is 2.37. The molecule has 0 atom stereocenters. The van der Waals surface area contributed by atoms with Crippen molar-refractivity contribution in [3.05, 3.63) is 64.6 Å². The van der Waals surface area contributed by atoms with Gasteiger partial charge in [0.15, 0.2) is 5.78 Å². The Hall–Kier alpha value is -3.01. The summed E-state index contributed by atoms with van der Waals surface area (Å²) in [6.07, 6.45) is 9.36. The first kappa shape index (κ1) is 17.1. The number of fused-ring (bicyclic) bond motifs is 2. The zero-order valence-electron chi connectivity index (χ0n) is 16.3. The van der Waals surface area contributed by atoms with Gasteiger partial charge in [0.25, 0.3) is 0 Å². The molecule has 0 fully saturated rings. The minimum absolute atomic E-state index is 0.194. The fourth-order valence-corrected chi connectivity index (χ4v) is 4.42. The van der Waals surface area contributed by atoms with Crippen molar-refractivity contribution < 1.29 is 4.79 Å². The van der Waals surface area contributed by atoms with Crippen LogP contribution in [0.25, 0.3) is 16.7 Å². The number of aliphatic imine (C=N–C) groups is 1. The Bertz CT molecular complexity index is 1110. The number of carbonyl (C=O) groups is 1. The van der Waals surface area contributed by atoms with Crippen molar-refractivity contribution in [3.8, 4) is 11.1 Å². The third-order valence-corrected chi connectivity index (χ3v) is 5.91. The Kier molecular flexibility index (Phi) is 4.00. The number of carbonyl (C=O) groups excluding carboxylic acids is 1. The van der Waals surface area contributed by atoms with Crippen molar-refractivity contribution in [1.82, 2.24) is 4.98 Å². The molecule has 0 saturated heterocycles. The van der Waals surface area contributed by atoms with Crippen LogP contribution in [0.4, 0.5) is 5.69 Å². The Morgan fingerprint density at radius 3 is 2.86 bits per heavy atom. The van der Waals surface area contributed by atoms with Gasteiger partial charge in [-0.25, -0.2) is 0 Å². The van der Waals surface area contributed by atoms with Crippen molar-refractivity contribution in [2.75, 3.05) is 11.9 Å². The van der Waals surface area contributed by atoms with Crippen molar-refractivity contribution in [2.24, 2.45) is 4.99 Å². The molecule has 0 amide bonds. The van der Waals surface area contributed by atoms with Crippen LogP contribution in [-0.4, -0.2) is 23.0 Å². The number of aryl methyl sites for hydroxylation is 1. The summed E-state index contributed by atoms with van der Waals surface area (Å²) in [6, 6.07) is 6.38. The molecule has 4 nitrogen and oxygen atoms in total. The van der Waals surface area contributed by atoms with Gasteiger partial charge in [-0.3, -0.25) is 14.8 Å². The van der Waals surface area contributed by atoms with Crippen LogP contribution >= 0.6 is 0 Å². The number of hydrogen-bond acceptors (Lipinski definition) is 4. The van der Waals surface area contributed by atoms with E-state index in [0.717, 1.165) is 70.6 Å².